The molecule has 2 heterocycles. The van der Waals surface area contributed by atoms with Crippen LogP contribution in [0.4, 0.5) is 5.69 Å². The molecule has 1 spiro atoms. The van der Waals surface area contributed by atoms with Crippen molar-refractivity contribution in [2.45, 2.75) is 17.6 Å². The van der Waals surface area contributed by atoms with E-state index >= 15 is 0 Å². The van der Waals surface area contributed by atoms with Gasteiger partial charge in [0, 0.05) is 11.8 Å². The molecule has 0 unspecified atom stereocenters. The van der Waals surface area contributed by atoms with Crippen LogP contribution in [0.1, 0.15) is 23.1 Å². The van der Waals surface area contributed by atoms with E-state index in [9.17, 15) is 0 Å². The van der Waals surface area contributed by atoms with E-state index in [4.69, 9.17) is 14.5 Å². The topological polar surface area (TPSA) is 30.8 Å². The van der Waals surface area contributed by atoms with Crippen LogP contribution in [-0.2, 0) is 20.7 Å². The first-order chi connectivity index (χ1) is 13.4. The molecule has 5 rings (SSSR count). The summed E-state index contributed by atoms with van der Waals surface area (Å²) in [6, 6.07) is 29.0. The zero-order valence-corrected chi connectivity index (χ0v) is 15.0. The van der Waals surface area contributed by atoms with E-state index < -0.39 is 11.2 Å². The second-order valence-electron chi connectivity index (χ2n) is 6.98. The average Bonchev–Trinajstić information content (AvgIpc) is 2.76. The van der Waals surface area contributed by atoms with Crippen LogP contribution < -0.4 is 0 Å². The fraction of sp³-hybridized carbons (Fsp3) is 0.208. The third kappa shape index (κ3) is 2.32. The van der Waals surface area contributed by atoms with E-state index in [0.29, 0.717) is 13.2 Å². The summed E-state index contributed by atoms with van der Waals surface area (Å²) >= 11 is 0. The first-order valence-electron chi connectivity index (χ1n) is 9.40. The number of hydrogen-bond donors (Lipinski definition) is 0. The highest BCUT2D eigenvalue weighted by molar-refractivity contribution is 5.87. The first kappa shape index (κ1) is 16.4. The molecule has 3 nitrogen and oxygen atoms in total. The fourth-order valence-corrected chi connectivity index (χ4v) is 4.34. The first-order valence-corrected chi connectivity index (χ1v) is 9.40. The summed E-state index contributed by atoms with van der Waals surface area (Å²) in [7, 11) is 0. The zero-order valence-electron chi connectivity index (χ0n) is 15.0. The van der Waals surface area contributed by atoms with E-state index in [1.54, 1.807) is 0 Å². The van der Waals surface area contributed by atoms with Crippen LogP contribution in [0.2, 0.25) is 0 Å². The molecular formula is C24H21NO2. The Hall–Kier alpha value is -2.75. The maximum absolute atomic E-state index is 6.54. The zero-order chi connectivity index (χ0) is 18.2. The molecule has 0 saturated carbocycles. The van der Waals surface area contributed by atoms with Gasteiger partial charge in [0.15, 0.2) is 0 Å². The Morgan fingerprint density at radius 2 is 1.22 bits per heavy atom. The monoisotopic (exact) mass is 355 g/mol. The summed E-state index contributed by atoms with van der Waals surface area (Å²) in [5, 5.41) is 0. The molecule has 0 atom stereocenters. The Labute approximate surface area is 159 Å². The molecule has 3 heteroatoms. The largest absolute Gasteiger partial charge is 0.344 e. The number of para-hydroxylation sites is 1. The number of hydrogen-bond acceptors (Lipinski definition) is 3. The van der Waals surface area contributed by atoms with Gasteiger partial charge in [0.2, 0.25) is 5.79 Å². The van der Waals surface area contributed by atoms with Crippen LogP contribution in [0, 0.1) is 0 Å². The highest BCUT2D eigenvalue weighted by Gasteiger charge is 2.59. The van der Waals surface area contributed by atoms with Crippen molar-refractivity contribution in [2.24, 2.45) is 4.99 Å². The lowest BCUT2D eigenvalue weighted by molar-refractivity contribution is -0.295. The predicted octanol–water partition coefficient (Wildman–Crippen LogP) is 4.98. The molecule has 2 aliphatic rings. The maximum atomic E-state index is 6.54. The van der Waals surface area contributed by atoms with Gasteiger partial charge in [0.1, 0.15) is 5.41 Å². The Morgan fingerprint density at radius 1 is 0.667 bits per heavy atom. The molecule has 134 valence electrons. The molecule has 27 heavy (non-hydrogen) atoms. The van der Waals surface area contributed by atoms with Gasteiger partial charge in [-0.1, -0.05) is 78.9 Å². The molecule has 3 aromatic rings. The number of benzene rings is 3. The van der Waals surface area contributed by atoms with Gasteiger partial charge in [-0.15, -0.1) is 0 Å². The SMILES string of the molecule is C1=Nc2ccccc2C2(OCCCO2)C1(c1ccccc1)c1ccccc1. The van der Waals surface area contributed by atoms with Crippen LogP contribution in [0.5, 0.6) is 0 Å². The van der Waals surface area contributed by atoms with Crippen molar-refractivity contribution < 1.29 is 9.47 Å². The van der Waals surface area contributed by atoms with Gasteiger partial charge in [-0.2, -0.15) is 0 Å². The van der Waals surface area contributed by atoms with Gasteiger partial charge in [-0.3, -0.25) is 4.99 Å². The van der Waals surface area contributed by atoms with E-state index in [1.807, 2.05) is 36.5 Å². The number of fused-ring (bicyclic) bond motifs is 2. The van der Waals surface area contributed by atoms with Crippen LogP contribution in [0.25, 0.3) is 0 Å². The lowest BCUT2D eigenvalue weighted by atomic mass is 9.65. The summed E-state index contributed by atoms with van der Waals surface area (Å²) < 4.78 is 13.1. The van der Waals surface area contributed by atoms with Gasteiger partial charge in [-0.05, 0) is 23.6 Å². The number of ether oxygens (including phenoxy) is 2. The Balaban J connectivity index is 1.87. The normalized spacial score (nSPS) is 19.6. The molecule has 1 fully saturated rings. The molecule has 0 radical (unpaired) electrons. The summed E-state index contributed by atoms with van der Waals surface area (Å²) in [5.74, 6) is -0.938. The van der Waals surface area contributed by atoms with Crippen molar-refractivity contribution in [1.29, 1.82) is 0 Å². The van der Waals surface area contributed by atoms with Crippen LogP contribution >= 0.6 is 0 Å². The molecule has 0 bridgehead atoms. The van der Waals surface area contributed by atoms with E-state index in [2.05, 4.69) is 54.6 Å². The van der Waals surface area contributed by atoms with Crippen molar-refractivity contribution in [3.63, 3.8) is 0 Å². The maximum Gasteiger partial charge on any atom is 0.216 e. The van der Waals surface area contributed by atoms with Gasteiger partial charge < -0.3 is 9.47 Å². The van der Waals surface area contributed by atoms with E-state index in [0.717, 1.165) is 28.8 Å². The predicted molar refractivity (Wildman–Crippen MR) is 106 cm³/mol. The average molecular weight is 355 g/mol. The quantitative estimate of drug-likeness (QED) is 0.649. The van der Waals surface area contributed by atoms with Gasteiger partial charge in [0.25, 0.3) is 0 Å². The number of rotatable bonds is 2. The van der Waals surface area contributed by atoms with Crippen molar-refractivity contribution in [1.82, 2.24) is 0 Å². The Morgan fingerprint density at radius 3 is 1.85 bits per heavy atom. The van der Waals surface area contributed by atoms with Gasteiger partial charge in [0.05, 0.1) is 18.9 Å². The van der Waals surface area contributed by atoms with Crippen LogP contribution in [0.3, 0.4) is 0 Å². The minimum Gasteiger partial charge on any atom is -0.344 e. The molecule has 0 aliphatic carbocycles. The van der Waals surface area contributed by atoms with Crippen molar-refractivity contribution in [3.8, 4) is 0 Å². The second-order valence-corrected chi connectivity index (χ2v) is 6.98. The third-order valence-corrected chi connectivity index (χ3v) is 5.53. The van der Waals surface area contributed by atoms with Gasteiger partial charge in [-0.25, -0.2) is 0 Å². The molecule has 2 aliphatic heterocycles. The molecule has 0 aromatic heterocycles. The lowest BCUT2D eigenvalue weighted by Gasteiger charge is -2.52. The minimum atomic E-state index is -0.938. The lowest BCUT2D eigenvalue weighted by Crippen LogP contribution is -2.58. The van der Waals surface area contributed by atoms with Gasteiger partial charge >= 0.3 is 0 Å². The number of aliphatic imine (C=N–C) groups is 1. The standard InChI is InChI=1S/C24H21NO2/c1-3-10-19(11-4-1)23(20-12-5-2-6-13-20)18-25-22-15-8-7-14-21(22)24(23)26-16-9-17-27-24/h1-8,10-15,18H,9,16-17H2. The molecular weight excluding hydrogens is 334 g/mol. The summed E-state index contributed by atoms with van der Waals surface area (Å²) in [6.07, 6.45) is 2.91. The number of nitrogens with zero attached hydrogens (tertiary/aromatic N) is 1. The fourth-order valence-electron chi connectivity index (χ4n) is 4.34. The van der Waals surface area contributed by atoms with Crippen LogP contribution in [-0.4, -0.2) is 19.4 Å². The van der Waals surface area contributed by atoms with Crippen molar-refractivity contribution in [3.05, 3.63) is 102 Å². The minimum absolute atomic E-state index is 0.656. The highest BCUT2D eigenvalue weighted by atomic mass is 16.7. The summed E-state index contributed by atoms with van der Waals surface area (Å²) in [4.78, 5) is 4.86. The van der Waals surface area contributed by atoms with Crippen LogP contribution in [0.15, 0.2) is 89.9 Å². The summed E-state index contributed by atoms with van der Waals surface area (Å²) in [6.45, 7) is 1.31. The van der Waals surface area contributed by atoms with E-state index in [-0.39, 0.29) is 0 Å². The summed E-state index contributed by atoms with van der Waals surface area (Å²) in [5.41, 5.74) is 3.44. The van der Waals surface area contributed by atoms with Crippen molar-refractivity contribution >= 4 is 11.9 Å². The molecule has 0 amide bonds. The Bertz CT molecular complexity index is 920. The molecule has 0 N–H and O–H groups in total. The second kappa shape index (κ2) is 6.45. The van der Waals surface area contributed by atoms with Crippen molar-refractivity contribution in [2.75, 3.05) is 13.2 Å². The molecule has 3 aromatic carbocycles. The molecule has 1 saturated heterocycles. The third-order valence-electron chi connectivity index (χ3n) is 5.53. The Kier molecular flexibility index (Phi) is 3.92. The smallest absolute Gasteiger partial charge is 0.216 e. The highest BCUT2D eigenvalue weighted by Crippen LogP contribution is 2.55. The van der Waals surface area contributed by atoms with E-state index in [1.165, 1.54) is 0 Å².